The Balaban J connectivity index is 1.57. The summed E-state index contributed by atoms with van der Waals surface area (Å²) in [5, 5.41) is 14.1. The lowest BCUT2D eigenvalue weighted by Crippen LogP contribution is -2.15. The highest BCUT2D eigenvalue weighted by Crippen LogP contribution is 2.16. The second-order valence-electron chi connectivity index (χ2n) is 6.00. The smallest absolute Gasteiger partial charge is 0.276 e. The van der Waals surface area contributed by atoms with Gasteiger partial charge in [-0.15, -0.1) is 10.2 Å². The molecule has 0 saturated heterocycles. The van der Waals surface area contributed by atoms with Crippen molar-refractivity contribution >= 4 is 17.4 Å². The van der Waals surface area contributed by atoms with E-state index in [9.17, 15) is 4.79 Å². The molecule has 0 spiro atoms. The van der Waals surface area contributed by atoms with Crippen molar-refractivity contribution in [2.24, 2.45) is 0 Å². The fraction of sp³-hybridized carbons (Fsp3) is 0.190. The summed E-state index contributed by atoms with van der Waals surface area (Å²) >= 11 is 0. The third-order valence-corrected chi connectivity index (χ3v) is 4.04. The van der Waals surface area contributed by atoms with Crippen LogP contribution in [0.4, 0.5) is 11.5 Å². The van der Waals surface area contributed by atoms with Gasteiger partial charge in [-0.1, -0.05) is 24.3 Å². The molecule has 1 aromatic heterocycles. The molecule has 2 aromatic carbocycles. The zero-order valence-corrected chi connectivity index (χ0v) is 15.4. The number of hydrogen-bond donors (Lipinski definition) is 2. The standard InChI is InChI=1S/C21H22N4O2/c1-3-27-18-10-8-17(9-11-18)23-21(26)19-12-13-20(25-24-19)22-14-16-7-5-4-6-15(16)2/h4-13H,3,14H2,1-2H3,(H,22,25)(H,23,26). The fourth-order valence-corrected chi connectivity index (χ4v) is 2.54. The Bertz CT molecular complexity index is 893. The zero-order valence-electron chi connectivity index (χ0n) is 15.4. The van der Waals surface area contributed by atoms with Gasteiger partial charge in [0.2, 0.25) is 0 Å². The van der Waals surface area contributed by atoms with E-state index in [1.54, 1.807) is 24.3 Å². The number of aryl methyl sites for hydroxylation is 1. The average molecular weight is 362 g/mol. The van der Waals surface area contributed by atoms with Gasteiger partial charge in [0.1, 0.15) is 11.6 Å². The van der Waals surface area contributed by atoms with E-state index < -0.39 is 0 Å². The second-order valence-corrected chi connectivity index (χ2v) is 6.00. The van der Waals surface area contributed by atoms with Crippen LogP contribution in [0.5, 0.6) is 5.75 Å². The number of carbonyl (C=O) groups is 1. The Morgan fingerprint density at radius 2 is 1.78 bits per heavy atom. The molecule has 1 heterocycles. The molecule has 0 unspecified atom stereocenters. The van der Waals surface area contributed by atoms with Crippen LogP contribution < -0.4 is 15.4 Å². The Morgan fingerprint density at radius 3 is 2.44 bits per heavy atom. The van der Waals surface area contributed by atoms with E-state index in [-0.39, 0.29) is 11.6 Å². The van der Waals surface area contributed by atoms with Gasteiger partial charge in [0.05, 0.1) is 6.61 Å². The first kappa shape index (κ1) is 18.4. The molecule has 27 heavy (non-hydrogen) atoms. The summed E-state index contributed by atoms with van der Waals surface area (Å²) in [6.07, 6.45) is 0. The average Bonchev–Trinajstić information content (AvgIpc) is 2.69. The predicted octanol–water partition coefficient (Wildman–Crippen LogP) is 4.05. The van der Waals surface area contributed by atoms with Crippen molar-refractivity contribution in [2.45, 2.75) is 20.4 Å². The molecule has 6 heteroatoms. The molecule has 0 aliphatic rings. The van der Waals surface area contributed by atoms with Gasteiger partial charge in [-0.2, -0.15) is 0 Å². The molecule has 0 aliphatic carbocycles. The summed E-state index contributed by atoms with van der Waals surface area (Å²) in [6, 6.07) is 18.7. The van der Waals surface area contributed by atoms with Crippen molar-refractivity contribution in [2.75, 3.05) is 17.2 Å². The minimum Gasteiger partial charge on any atom is -0.494 e. The van der Waals surface area contributed by atoms with E-state index in [0.717, 1.165) is 5.75 Å². The summed E-state index contributed by atoms with van der Waals surface area (Å²) < 4.78 is 5.38. The summed E-state index contributed by atoms with van der Waals surface area (Å²) in [7, 11) is 0. The molecular weight excluding hydrogens is 340 g/mol. The second kappa shape index (κ2) is 8.80. The van der Waals surface area contributed by atoms with Gasteiger partial charge in [-0.3, -0.25) is 4.79 Å². The van der Waals surface area contributed by atoms with Crippen LogP contribution >= 0.6 is 0 Å². The van der Waals surface area contributed by atoms with E-state index in [2.05, 4.69) is 39.9 Å². The van der Waals surface area contributed by atoms with Crippen LogP contribution in [0.15, 0.2) is 60.7 Å². The summed E-state index contributed by atoms with van der Waals surface area (Å²) in [5.74, 6) is 1.08. The number of nitrogens with zero attached hydrogens (tertiary/aromatic N) is 2. The van der Waals surface area contributed by atoms with Gasteiger partial charge in [0.15, 0.2) is 5.69 Å². The maximum Gasteiger partial charge on any atom is 0.276 e. The fourth-order valence-electron chi connectivity index (χ4n) is 2.54. The van der Waals surface area contributed by atoms with Gasteiger partial charge in [-0.05, 0) is 61.4 Å². The van der Waals surface area contributed by atoms with Crippen molar-refractivity contribution in [1.82, 2.24) is 10.2 Å². The quantitative estimate of drug-likeness (QED) is 0.663. The van der Waals surface area contributed by atoms with Crippen molar-refractivity contribution in [3.63, 3.8) is 0 Å². The molecule has 0 saturated carbocycles. The number of amides is 1. The topological polar surface area (TPSA) is 76.1 Å². The molecule has 0 radical (unpaired) electrons. The van der Waals surface area contributed by atoms with Crippen LogP contribution in [-0.4, -0.2) is 22.7 Å². The van der Waals surface area contributed by atoms with Crippen LogP contribution in [0.25, 0.3) is 0 Å². The first-order valence-corrected chi connectivity index (χ1v) is 8.82. The van der Waals surface area contributed by atoms with Gasteiger partial charge >= 0.3 is 0 Å². The number of ether oxygens (including phenoxy) is 1. The number of carbonyl (C=O) groups excluding carboxylic acids is 1. The molecule has 0 aliphatic heterocycles. The molecule has 138 valence electrons. The van der Waals surface area contributed by atoms with Crippen molar-refractivity contribution < 1.29 is 9.53 Å². The first-order valence-electron chi connectivity index (χ1n) is 8.82. The number of anilines is 2. The maximum atomic E-state index is 12.3. The summed E-state index contributed by atoms with van der Waals surface area (Å²) in [6.45, 7) is 5.25. The molecule has 0 fully saturated rings. The lowest BCUT2D eigenvalue weighted by Gasteiger charge is -2.09. The number of rotatable bonds is 7. The Hall–Kier alpha value is -3.41. The van der Waals surface area contributed by atoms with Gasteiger partial charge < -0.3 is 15.4 Å². The Labute approximate surface area is 158 Å². The van der Waals surface area contributed by atoms with E-state index >= 15 is 0 Å². The van der Waals surface area contributed by atoms with Crippen LogP contribution in [0.2, 0.25) is 0 Å². The summed E-state index contributed by atoms with van der Waals surface area (Å²) in [5.41, 5.74) is 3.33. The molecule has 6 nitrogen and oxygen atoms in total. The van der Waals surface area contributed by atoms with E-state index in [1.165, 1.54) is 11.1 Å². The highest BCUT2D eigenvalue weighted by Gasteiger charge is 2.09. The normalized spacial score (nSPS) is 10.3. The molecule has 3 aromatic rings. The first-order chi connectivity index (χ1) is 13.2. The van der Waals surface area contributed by atoms with Gasteiger partial charge in [-0.25, -0.2) is 0 Å². The molecular formula is C21H22N4O2. The molecule has 0 atom stereocenters. The third kappa shape index (κ3) is 5.04. The van der Waals surface area contributed by atoms with Crippen molar-refractivity contribution in [3.05, 3.63) is 77.5 Å². The maximum absolute atomic E-state index is 12.3. The van der Waals surface area contributed by atoms with Gasteiger partial charge in [0.25, 0.3) is 5.91 Å². The highest BCUT2D eigenvalue weighted by atomic mass is 16.5. The lowest BCUT2D eigenvalue weighted by atomic mass is 10.1. The number of benzene rings is 2. The van der Waals surface area contributed by atoms with E-state index in [0.29, 0.717) is 24.7 Å². The van der Waals surface area contributed by atoms with Crippen molar-refractivity contribution in [3.8, 4) is 5.75 Å². The van der Waals surface area contributed by atoms with E-state index in [4.69, 9.17) is 4.74 Å². The SMILES string of the molecule is CCOc1ccc(NC(=O)c2ccc(NCc3ccccc3C)nn2)cc1. The zero-order chi connectivity index (χ0) is 19.1. The molecule has 3 rings (SSSR count). The Kier molecular flexibility index (Phi) is 5.99. The molecule has 2 N–H and O–H groups in total. The number of nitrogens with one attached hydrogen (secondary N) is 2. The van der Waals surface area contributed by atoms with Crippen molar-refractivity contribution in [1.29, 1.82) is 0 Å². The minimum atomic E-state index is -0.308. The predicted molar refractivity (Wildman–Crippen MR) is 106 cm³/mol. The monoisotopic (exact) mass is 362 g/mol. The van der Waals surface area contributed by atoms with Gasteiger partial charge in [0, 0.05) is 12.2 Å². The minimum absolute atomic E-state index is 0.255. The lowest BCUT2D eigenvalue weighted by molar-refractivity contribution is 0.102. The number of aromatic nitrogens is 2. The molecule has 0 bridgehead atoms. The van der Waals surface area contributed by atoms with Crippen LogP contribution in [0.3, 0.4) is 0 Å². The summed E-state index contributed by atoms with van der Waals surface area (Å²) in [4.78, 5) is 12.3. The van der Waals surface area contributed by atoms with Crippen LogP contribution in [-0.2, 0) is 6.54 Å². The van der Waals surface area contributed by atoms with Crippen LogP contribution in [0.1, 0.15) is 28.5 Å². The van der Waals surface area contributed by atoms with Crippen LogP contribution in [0, 0.1) is 6.92 Å². The Morgan fingerprint density at radius 1 is 1.00 bits per heavy atom. The number of hydrogen-bond acceptors (Lipinski definition) is 5. The highest BCUT2D eigenvalue weighted by molar-refractivity contribution is 6.02. The van der Waals surface area contributed by atoms with E-state index in [1.807, 2.05) is 31.2 Å². The third-order valence-electron chi connectivity index (χ3n) is 4.04. The molecule has 1 amide bonds. The largest absolute Gasteiger partial charge is 0.494 e.